The largest absolute Gasteiger partial charge is 0.336 e. The van der Waals surface area contributed by atoms with Crippen molar-refractivity contribution in [3.05, 3.63) is 54.0 Å². The quantitative estimate of drug-likeness (QED) is 0.795. The SMILES string of the molecule is CC(C)[C@@H]1C(=O)N(c2ccc(F)cc2)C(=O)N1C1=CCCC=C1. The van der Waals surface area contributed by atoms with Gasteiger partial charge in [0.2, 0.25) is 0 Å². The molecule has 1 heterocycles. The number of carbonyl (C=O) groups is 2. The lowest BCUT2D eigenvalue weighted by Gasteiger charge is -2.26. The van der Waals surface area contributed by atoms with Crippen LogP contribution in [0.3, 0.4) is 0 Å². The molecule has 4 nitrogen and oxygen atoms in total. The lowest BCUT2D eigenvalue weighted by molar-refractivity contribution is -0.120. The van der Waals surface area contributed by atoms with Gasteiger partial charge in [0, 0.05) is 5.70 Å². The number of benzene rings is 1. The minimum atomic E-state index is -0.540. The molecule has 3 rings (SSSR count). The number of rotatable bonds is 3. The Balaban J connectivity index is 2.01. The average Bonchev–Trinajstić information content (AvgIpc) is 2.80. The van der Waals surface area contributed by atoms with E-state index in [1.807, 2.05) is 32.1 Å². The second-order valence-electron chi connectivity index (χ2n) is 6.10. The normalized spacial score (nSPS) is 21.4. The van der Waals surface area contributed by atoms with Gasteiger partial charge in [-0.15, -0.1) is 0 Å². The molecule has 1 aromatic rings. The fourth-order valence-electron chi connectivity index (χ4n) is 3.02. The van der Waals surface area contributed by atoms with E-state index in [1.54, 1.807) is 4.90 Å². The summed E-state index contributed by atoms with van der Waals surface area (Å²) in [7, 11) is 0. The summed E-state index contributed by atoms with van der Waals surface area (Å²) >= 11 is 0. The van der Waals surface area contributed by atoms with Gasteiger partial charge in [-0.1, -0.05) is 26.0 Å². The van der Waals surface area contributed by atoms with Crippen LogP contribution in [-0.2, 0) is 4.79 Å². The van der Waals surface area contributed by atoms with Gasteiger partial charge in [-0.05, 0) is 49.1 Å². The molecule has 23 heavy (non-hydrogen) atoms. The zero-order valence-electron chi connectivity index (χ0n) is 13.2. The van der Waals surface area contributed by atoms with Crippen LogP contribution in [0.1, 0.15) is 26.7 Å². The fraction of sp³-hybridized carbons (Fsp3) is 0.333. The Labute approximate surface area is 134 Å². The van der Waals surface area contributed by atoms with Crippen LogP contribution >= 0.6 is 0 Å². The van der Waals surface area contributed by atoms with Crippen LogP contribution in [0.15, 0.2) is 48.2 Å². The van der Waals surface area contributed by atoms with Gasteiger partial charge in [0.25, 0.3) is 5.91 Å². The Morgan fingerprint density at radius 1 is 1.13 bits per heavy atom. The van der Waals surface area contributed by atoms with E-state index in [0.29, 0.717) is 5.69 Å². The maximum Gasteiger partial charge on any atom is 0.336 e. The summed E-state index contributed by atoms with van der Waals surface area (Å²) in [5, 5.41) is 0. The molecule has 0 spiro atoms. The zero-order chi connectivity index (χ0) is 16.6. The number of amides is 3. The van der Waals surface area contributed by atoms with Crippen molar-refractivity contribution in [2.24, 2.45) is 5.92 Å². The average molecular weight is 314 g/mol. The van der Waals surface area contributed by atoms with Crippen LogP contribution in [-0.4, -0.2) is 22.9 Å². The Hall–Kier alpha value is -2.43. The summed E-state index contributed by atoms with van der Waals surface area (Å²) in [6.45, 7) is 3.84. The molecule has 3 amide bonds. The van der Waals surface area contributed by atoms with Crippen LogP contribution < -0.4 is 4.90 Å². The van der Waals surface area contributed by atoms with Crippen LogP contribution in [0.4, 0.5) is 14.9 Å². The second kappa shape index (κ2) is 5.99. The third-order valence-electron chi connectivity index (χ3n) is 4.12. The Morgan fingerprint density at radius 2 is 1.83 bits per heavy atom. The highest BCUT2D eigenvalue weighted by molar-refractivity contribution is 6.22. The van der Waals surface area contributed by atoms with Crippen molar-refractivity contribution in [3.63, 3.8) is 0 Å². The Morgan fingerprint density at radius 3 is 2.39 bits per heavy atom. The van der Waals surface area contributed by atoms with Crippen molar-refractivity contribution in [1.82, 2.24) is 4.90 Å². The third kappa shape index (κ3) is 2.67. The molecule has 1 aliphatic carbocycles. The number of hydrogen-bond donors (Lipinski definition) is 0. The molecule has 0 N–H and O–H groups in total. The first-order valence-corrected chi connectivity index (χ1v) is 7.80. The van der Waals surface area contributed by atoms with Gasteiger partial charge >= 0.3 is 6.03 Å². The molecule has 0 unspecified atom stereocenters. The van der Waals surface area contributed by atoms with Crippen molar-refractivity contribution in [3.8, 4) is 0 Å². The van der Waals surface area contributed by atoms with E-state index >= 15 is 0 Å². The van der Waals surface area contributed by atoms with E-state index in [9.17, 15) is 14.0 Å². The molecule has 1 aliphatic heterocycles. The maximum absolute atomic E-state index is 13.1. The second-order valence-corrected chi connectivity index (χ2v) is 6.10. The van der Waals surface area contributed by atoms with Crippen LogP contribution in [0.2, 0.25) is 0 Å². The standard InChI is InChI=1S/C18H19FN2O2/c1-12(2)16-17(22)21(15-10-8-13(19)9-11-15)18(23)20(16)14-6-4-3-5-7-14/h4,6-12,16H,3,5H2,1-2H3/t16-/m1/s1. The molecule has 1 atom stereocenters. The van der Waals surface area contributed by atoms with E-state index in [1.165, 1.54) is 24.3 Å². The first kappa shape index (κ1) is 15.5. The van der Waals surface area contributed by atoms with E-state index in [-0.39, 0.29) is 17.9 Å². The highest BCUT2D eigenvalue weighted by atomic mass is 19.1. The highest BCUT2D eigenvalue weighted by Crippen LogP contribution is 2.33. The lowest BCUT2D eigenvalue weighted by atomic mass is 10.0. The molecule has 0 bridgehead atoms. The molecule has 1 saturated heterocycles. The molecule has 5 heteroatoms. The number of nitrogens with zero attached hydrogens (tertiary/aromatic N) is 2. The van der Waals surface area contributed by atoms with Crippen molar-refractivity contribution in [2.45, 2.75) is 32.7 Å². The van der Waals surface area contributed by atoms with Gasteiger partial charge in [-0.3, -0.25) is 9.69 Å². The summed E-state index contributed by atoms with van der Waals surface area (Å²) in [5.74, 6) is -0.687. The number of urea groups is 1. The molecule has 1 aromatic carbocycles. The molecular weight excluding hydrogens is 295 g/mol. The van der Waals surface area contributed by atoms with Crippen molar-refractivity contribution >= 4 is 17.6 Å². The van der Waals surface area contributed by atoms with Crippen LogP contribution in [0.5, 0.6) is 0 Å². The van der Waals surface area contributed by atoms with Crippen LogP contribution in [0, 0.1) is 11.7 Å². The zero-order valence-corrected chi connectivity index (χ0v) is 13.2. The highest BCUT2D eigenvalue weighted by Gasteiger charge is 2.48. The van der Waals surface area contributed by atoms with Gasteiger partial charge in [0.1, 0.15) is 11.9 Å². The first-order chi connectivity index (χ1) is 11.0. The van der Waals surface area contributed by atoms with Gasteiger partial charge in [-0.2, -0.15) is 0 Å². The topological polar surface area (TPSA) is 40.6 Å². The van der Waals surface area contributed by atoms with Gasteiger partial charge < -0.3 is 0 Å². The first-order valence-electron chi connectivity index (χ1n) is 7.80. The summed E-state index contributed by atoms with van der Waals surface area (Å²) < 4.78 is 13.1. The molecular formula is C18H19FN2O2. The number of anilines is 1. The smallest absolute Gasteiger partial charge is 0.281 e. The molecule has 2 aliphatic rings. The number of allylic oxidation sites excluding steroid dienone is 3. The lowest BCUT2D eigenvalue weighted by Crippen LogP contribution is -2.38. The number of imide groups is 1. The molecule has 0 saturated carbocycles. The monoisotopic (exact) mass is 314 g/mol. The predicted molar refractivity (Wildman–Crippen MR) is 86.2 cm³/mol. The van der Waals surface area contributed by atoms with Crippen molar-refractivity contribution in [2.75, 3.05) is 4.90 Å². The maximum atomic E-state index is 13.1. The molecule has 120 valence electrons. The third-order valence-corrected chi connectivity index (χ3v) is 4.12. The predicted octanol–water partition coefficient (Wildman–Crippen LogP) is 3.85. The summed E-state index contributed by atoms with van der Waals surface area (Å²) in [5.41, 5.74) is 1.16. The Kier molecular flexibility index (Phi) is 4.03. The summed E-state index contributed by atoms with van der Waals surface area (Å²) in [6, 6.07) is 4.50. The summed E-state index contributed by atoms with van der Waals surface area (Å²) in [4.78, 5) is 28.4. The van der Waals surface area contributed by atoms with Gasteiger partial charge in [0.15, 0.2) is 0 Å². The van der Waals surface area contributed by atoms with E-state index in [2.05, 4.69) is 0 Å². The van der Waals surface area contributed by atoms with E-state index < -0.39 is 11.9 Å². The minimum Gasteiger partial charge on any atom is -0.281 e. The number of hydrogen-bond acceptors (Lipinski definition) is 2. The van der Waals surface area contributed by atoms with E-state index in [4.69, 9.17) is 0 Å². The molecule has 0 radical (unpaired) electrons. The Bertz CT molecular complexity index is 691. The fourth-order valence-corrected chi connectivity index (χ4v) is 3.02. The van der Waals surface area contributed by atoms with Gasteiger partial charge in [-0.25, -0.2) is 14.1 Å². The van der Waals surface area contributed by atoms with Crippen molar-refractivity contribution < 1.29 is 14.0 Å². The van der Waals surface area contributed by atoms with Crippen molar-refractivity contribution in [1.29, 1.82) is 0 Å². The molecule has 0 aromatic heterocycles. The number of halogens is 1. The number of carbonyl (C=O) groups excluding carboxylic acids is 2. The van der Waals surface area contributed by atoms with Gasteiger partial charge in [0.05, 0.1) is 5.69 Å². The van der Waals surface area contributed by atoms with E-state index in [0.717, 1.165) is 23.4 Å². The minimum absolute atomic E-state index is 0.0203. The summed E-state index contributed by atoms with van der Waals surface area (Å²) in [6.07, 6.45) is 7.66. The van der Waals surface area contributed by atoms with Crippen LogP contribution in [0.25, 0.3) is 0 Å². The molecule has 1 fully saturated rings.